The highest BCUT2D eigenvalue weighted by molar-refractivity contribution is 6.33. The minimum Gasteiger partial charge on any atom is -0.342 e. The topological polar surface area (TPSA) is 61.7 Å². The van der Waals surface area contributed by atoms with Gasteiger partial charge in [0.1, 0.15) is 5.15 Å². The zero-order valence-corrected chi connectivity index (χ0v) is 16.5. The van der Waals surface area contributed by atoms with Crippen molar-refractivity contribution in [3.63, 3.8) is 0 Å². The summed E-state index contributed by atoms with van der Waals surface area (Å²) in [5.74, 6) is 0.150. The Labute approximate surface area is 159 Å². The lowest BCUT2D eigenvalue weighted by Crippen LogP contribution is -2.51. The van der Waals surface area contributed by atoms with E-state index < -0.39 is 0 Å². The summed E-state index contributed by atoms with van der Waals surface area (Å²) in [4.78, 5) is 31.2. The lowest BCUT2D eigenvalue weighted by Gasteiger charge is -2.35. The first-order valence-corrected chi connectivity index (χ1v) is 9.83. The number of likely N-dealkylation sites (tertiary alicyclic amines) is 1. The van der Waals surface area contributed by atoms with E-state index in [2.05, 4.69) is 10.00 Å². The molecule has 0 saturated carbocycles. The Balaban J connectivity index is 1.52. The summed E-state index contributed by atoms with van der Waals surface area (Å²) >= 11 is 6.22. The molecule has 2 aliphatic rings. The average molecular weight is 382 g/mol. The highest BCUT2D eigenvalue weighted by Gasteiger charge is 2.28. The Morgan fingerprint density at radius 3 is 2.12 bits per heavy atom. The minimum absolute atomic E-state index is 0.0703. The van der Waals surface area contributed by atoms with Crippen LogP contribution in [0.4, 0.5) is 0 Å². The number of carbonyl (C=O) groups is 2. The number of aryl methyl sites for hydroxylation is 2. The molecule has 26 heavy (non-hydrogen) atoms. The van der Waals surface area contributed by atoms with Crippen LogP contribution >= 0.6 is 11.6 Å². The first kappa shape index (κ1) is 19.2. The summed E-state index contributed by atoms with van der Waals surface area (Å²) < 4.78 is 1.53. The maximum Gasteiger partial charge on any atom is 0.258 e. The van der Waals surface area contributed by atoms with E-state index in [1.165, 1.54) is 17.5 Å². The van der Waals surface area contributed by atoms with Crippen molar-refractivity contribution >= 4 is 23.4 Å². The molecular weight excluding hydrogens is 354 g/mol. The Kier molecular flexibility index (Phi) is 6.19. The van der Waals surface area contributed by atoms with Crippen LogP contribution in [-0.2, 0) is 11.8 Å². The minimum atomic E-state index is -0.0703. The van der Waals surface area contributed by atoms with Crippen LogP contribution < -0.4 is 0 Å². The van der Waals surface area contributed by atoms with Crippen LogP contribution in [0.15, 0.2) is 0 Å². The third kappa shape index (κ3) is 4.20. The molecule has 3 rings (SSSR count). The molecular formula is C18H28ClN5O2. The van der Waals surface area contributed by atoms with Gasteiger partial charge in [0.2, 0.25) is 5.91 Å². The van der Waals surface area contributed by atoms with Crippen molar-refractivity contribution < 1.29 is 9.59 Å². The first-order valence-electron chi connectivity index (χ1n) is 9.46. The zero-order valence-electron chi connectivity index (χ0n) is 15.7. The Morgan fingerprint density at radius 1 is 0.962 bits per heavy atom. The van der Waals surface area contributed by atoms with Crippen molar-refractivity contribution in [2.75, 3.05) is 45.8 Å². The number of hydrogen-bond acceptors (Lipinski definition) is 4. The van der Waals surface area contributed by atoms with Crippen molar-refractivity contribution in [3.8, 4) is 0 Å². The molecule has 0 N–H and O–H groups in total. The van der Waals surface area contributed by atoms with Crippen LogP contribution in [0.3, 0.4) is 0 Å². The largest absolute Gasteiger partial charge is 0.342 e. The van der Waals surface area contributed by atoms with E-state index in [9.17, 15) is 9.59 Å². The maximum absolute atomic E-state index is 12.8. The molecule has 2 amide bonds. The summed E-state index contributed by atoms with van der Waals surface area (Å²) in [6.07, 6.45) is 4.67. The van der Waals surface area contributed by atoms with Crippen LogP contribution in [0, 0.1) is 6.92 Å². The van der Waals surface area contributed by atoms with E-state index in [0.717, 1.165) is 25.9 Å². The summed E-state index contributed by atoms with van der Waals surface area (Å²) in [6.45, 7) is 6.66. The first-order chi connectivity index (χ1) is 12.5. The predicted octanol–water partition coefficient (Wildman–Crippen LogP) is 1.54. The van der Waals surface area contributed by atoms with Crippen LogP contribution in [0.25, 0.3) is 0 Å². The van der Waals surface area contributed by atoms with E-state index in [0.29, 0.717) is 49.1 Å². The number of halogens is 1. The monoisotopic (exact) mass is 381 g/mol. The molecule has 2 saturated heterocycles. The van der Waals surface area contributed by atoms with Gasteiger partial charge in [0, 0.05) is 46.3 Å². The van der Waals surface area contributed by atoms with Gasteiger partial charge in [-0.15, -0.1) is 0 Å². The summed E-state index contributed by atoms with van der Waals surface area (Å²) in [5, 5.41) is 4.60. The van der Waals surface area contributed by atoms with Gasteiger partial charge in [-0.25, -0.2) is 0 Å². The van der Waals surface area contributed by atoms with Crippen molar-refractivity contribution in [3.05, 3.63) is 16.4 Å². The second-order valence-electron chi connectivity index (χ2n) is 7.24. The average Bonchev–Trinajstić information content (AvgIpc) is 2.83. The van der Waals surface area contributed by atoms with Crippen molar-refractivity contribution in [1.82, 2.24) is 24.5 Å². The third-order valence-electron chi connectivity index (χ3n) is 5.34. The lowest BCUT2D eigenvalue weighted by molar-refractivity contribution is -0.132. The molecule has 1 aromatic heterocycles. The molecule has 144 valence electrons. The molecule has 0 aromatic carbocycles. The Hall–Kier alpha value is -1.60. The van der Waals surface area contributed by atoms with Crippen LogP contribution in [-0.4, -0.2) is 82.1 Å². The molecule has 0 unspecified atom stereocenters. The fourth-order valence-electron chi connectivity index (χ4n) is 3.75. The lowest BCUT2D eigenvalue weighted by atomic mass is 10.2. The van der Waals surface area contributed by atoms with Crippen LogP contribution in [0.2, 0.25) is 5.15 Å². The predicted molar refractivity (Wildman–Crippen MR) is 100 cm³/mol. The van der Waals surface area contributed by atoms with Crippen LogP contribution in [0.1, 0.15) is 41.7 Å². The molecule has 8 heteroatoms. The highest BCUT2D eigenvalue weighted by atomic mass is 35.5. The maximum atomic E-state index is 12.8. The van der Waals surface area contributed by atoms with Gasteiger partial charge >= 0.3 is 0 Å². The van der Waals surface area contributed by atoms with Crippen molar-refractivity contribution in [2.24, 2.45) is 7.05 Å². The number of amides is 2. The molecule has 0 aliphatic carbocycles. The van der Waals surface area contributed by atoms with Gasteiger partial charge in [-0.3, -0.25) is 19.2 Å². The van der Waals surface area contributed by atoms with Gasteiger partial charge in [-0.1, -0.05) is 24.4 Å². The SMILES string of the molecule is Cc1nn(C)c(Cl)c1C(=O)N1CCN(CC(=O)N2CCCCCC2)CC1. The van der Waals surface area contributed by atoms with E-state index in [1.54, 1.807) is 14.0 Å². The molecule has 0 radical (unpaired) electrons. The third-order valence-corrected chi connectivity index (χ3v) is 5.78. The summed E-state index contributed by atoms with van der Waals surface area (Å²) in [7, 11) is 1.73. The smallest absolute Gasteiger partial charge is 0.258 e. The Morgan fingerprint density at radius 2 is 1.58 bits per heavy atom. The molecule has 2 aliphatic heterocycles. The van der Waals surface area contributed by atoms with Gasteiger partial charge in [0.25, 0.3) is 5.91 Å². The van der Waals surface area contributed by atoms with Gasteiger partial charge in [-0.2, -0.15) is 5.10 Å². The number of rotatable bonds is 3. The molecule has 2 fully saturated rings. The second kappa shape index (κ2) is 8.39. The molecule has 3 heterocycles. The number of aromatic nitrogens is 2. The number of piperazine rings is 1. The zero-order chi connectivity index (χ0) is 18.7. The fourth-order valence-corrected chi connectivity index (χ4v) is 4.01. The fraction of sp³-hybridized carbons (Fsp3) is 0.722. The molecule has 7 nitrogen and oxygen atoms in total. The Bertz CT molecular complexity index is 659. The molecule has 0 atom stereocenters. The molecule has 1 aromatic rings. The van der Waals surface area contributed by atoms with Crippen molar-refractivity contribution in [1.29, 1.82) is 0 Å². The van der Waals surface area contributed by atoms with E-state index in [-0.39, 0.29) is 11.8 Å². The quantitative estimate of drug-likeness (QED) is 0.796. The second-order valence-corrected chi connectivity index (χ2v) is 7.60. The van der Waals surface area contributed by atoms with Gasteiger partial charge in [0.05, 0.1) is 17.8 Å². The molecule has 0 spiro atoms. The highest BCUT2D eigenvalue weighted by Crippen LogP contribution is 2.21. The van der Waals surface area contributed by atoms with Gasteiger partial charge in [0.15, 0.2) is 0 Å². The standard InChI is InChI=1S/C18H28ClN5O2/c1-14-16(17(19)21(2)20-14)18(26)24-11-9-22(10-12-24)13-15(25)23-7-5-3-4-6-8-23/h3-13H2,1-2H3. The molecule has 0 bridgehead atoms. The van der Waals surface area contributed by atoms with E-state index in [1.807, 2.05) is 9.80 Å². The van der Waals surface area contributed by atoms with E-state index in [4.69, 9.17) is 11.6 Å². The van der Waals surface area contributed by atoms with Gasteiger partial charge in [-0.05, 0) is 19.8 Å². The number of hydrogen-bond donors (Lipinski definition) is 0. The van der Waals surface area contributed by atoms with Crippen molar-refractivity contribution in [2.45, 2.75) is 32.6 Å². The summed E-state index contributed by atoms with van der Waals surface area (Å²) in [6, 6.07) is 0. The normalized spacial score (nSPS) is 19.5. The number of carbonyl (C=O) groups excluding carboxylic acids is 2. The number of nitrogens with zero attached hydrogens (tertiary/aromatic N) is 5. The summed E-state index contributed by atoms with van der Waals surface area (Å²) in [5.41, 5.74) is 1.14. The van der Waals surface area contributed by atoms with Gasteiger partial charge < -0.3 is 9.80 Å². The van der Waals surface area contributed by atoms with E-state index >= 15 is 0 Å². The van der Waals surface area contributed by atoms with Crippen LogP contribution in [0.5, 0.6) is 0 Å².